The number of hydrogen-bond donors (Lipinski definition) is 1. The lowest BCUT2D eigenvalue weighted by atomic mass is 10.2. The Balaban J connectivity index is 1.77. The summed E-state index contributed by atoms with van der Waals surface area (Å²) in [5.41, 5.74) is 1.59. The fourth-order valence-electron chi connectivity index (χ4n) is 1.83. The lowest BCUT2D eigenvalue weighted by Crippen LogP contribution is -2.23. The molecular weight excluding hydrogens is 300 g/mol. The average Bonchev–Trinajstić information content (AvgIpc) is 2.59. The number of ether oxygens (including phenoxy) is 2. The second-order valence-corrected chi connectivity index (χ2v) is 4.70. The van der Waals surface area contributed by atoms with Gasteiger partial charge in [-0.1, -0.05) is 12.1 Å². The molecule has 2 aromatic carbocycles. The highest BCUT2D eigenvalue weighted by atomic mass is 16.6. The molecule has 7 heteroatoms. The number of alkyl carbamates (subject to hydrolysis) is 1. The van der Waals surface area contributed by atoms with Crippen molar-refractivity contribution >= 4 is 11.8 Å². The van der Waals surface area contributed by atoms with Gasteiger partial charge in [0.1, 0.15) is 12.4 Å². The largest absolute Gasteiger partial charge is 0.497 e. The van der Waals surface area contributed by atoms with Gasteiger partial charge in [-0.25, -0.2) is 4.79 Å². The number of carbonyl (C=O) groups excluding carboxylic acids is 1. The Morgan fingerprint density at radius 3 is 2.26 bits per heavy atom. The van der Waals surface area contributed by atoms with E-state index in [0.717, 1.165) is 11.3 Å². The molecule has 0 fully saturated rings. The summed E-state index contributed by atoms with van der Waals surface area (Å²) in [7, 11) is 1.59. The zero-order chi connectivity index (χ0) is 16.7. The SMILES string of the molecule is COc1ccc(CNC(=O)OCc2ccc([N+](=O)[O-])cc2)cc1. The first-order valence-corrected chi connectivity index (χ1v) is 6.85. The highest BCUT2D eigenvalue weighted by Crippen LogP contribution is 2.13. The van der Waals surface area contributed by atoms with E-state index in [1.165, 1.54) is 12.1 Å². The molecule has 120 valence electrons. The Kier molecular flexibility index (Phi) is 5.51. The van der Waals surface area contributed by atoms with Crippen molar-refractivity contribution in [3.63, 3.8) is 0 Å². The van der Waals surface area contributed by atoms with Crippen LogP contribution in [0.15, 0.2) is 48.5 Å². The monoisotopic (exact) mass is 316 g/mol. The van der Waals surface area contributed by atoms with Crippen molar-refractivity contribution in [2.24, 2.45) is 0 Å². The molecule has 2 aromatic rings. The Hall–Kier alpha value is -3.09. The number of benzene rings is 2. The molecule has 0 aliphatic rings. The van der Waals surface area contributed by atoms with Crippen molar-refractivity contribution < 1.29 is 19.2 Å². The fraction of sp³-hybridized carbons (Fsp3) is 0.188. The zero-order valence-electron chi connectivity index (χ0n) is 12.5. The summed E-state index contributed by atoms with van der Waals surface area (Å²) in [5.74, 6) is 0.745. The maximum absolute atomic E-state index is 11.6. The molecule has 7 nitrogen and oxygen atoms in total. The Morgan fingerprint density at radius 1 is 1.09 bits per heavy atom. The summed E-state index contributed by atoms with van der Waals surface area (Å²) in [4.78, 5) is 21.7. The number of nitrogens with one attached hydrogen (secondary N) is 1. The summed E-state index contributed by atoms with van der Waals surface area (Å²) < 4.78 is 10.1. The molecule has 1 amide bonds. The first-order valence-electron chi connectivity index (χ1n) is 6.85. The molecule has 2 rings (SSSR count). The number of hydrogen-bond acceptors (Lipinski definition) is 5. The van der Waals surface area contributed by atoms with Crippen molar-refractivity contribution in [3.05, 3.63) is 69.8 Å². The molecule has 0 radical (unpaired) electrons. The lowest BCUT2D eigenvalue weighted by Gasteiger charge is -2.07. The van der Waals surface area contributed by atoms with E-state index in [0.29, 0.717) is 12.1 Å². The first kappa shape index (κ1) is 16.3. The normalized spacial score (nSPS) is 9.96. The van der Waals surface area contributed by atoms with Gasteiger partial charge in [-0.3, -0.25) is 10.1 Å². The molecule has 0 aliphatic carbocycles. The van der Waals surface area contributed by atoms with Crippen LogP contribution in [0.1, 0.15) is 11.1 Å². The Labute approximate surface area is 133 Å². The molecule has 0 aliphatic heterocycles. The predicted molar refractivity (Wildman–Crippen MR) is 83.1 cm³/mol. The summed E-state index contributed by atoms with van der Waals surface area (Å²) in [6.45, 7) is 0.384. The van der Waals surface area contributed by atoms with Gasteiger partial charge in [0, 0.05) is 18.7 Å². The van der Waals surface area contributed by atoms with E-state index in [2.05, 4.69) is 5.32 Å². The third-order valence-electron chi connectivity index (χ3n) is 3.11. The third-order valence-corrected chi connectivity index (χ3v) is 3.11. The summed E-state index contributed by atoms with van der Waals surface area (Å²) in [5, 5.41) is 13.2. The molecule has 0 aromatic heterocycles. The minimum Gasteiger partial charge on any atom is -0.497 e. The van der Waals surface area contributed by atoms with Crippen molar-refractivity contribution in [2.45, 2.75) is 13.2 Å². The Bertz CT molecular complexity index is 668. The first-order chi connectivity index (χ1) is 11.1. The van der Waals surface area contributed by atoms with Crippen LogP contribution in [0.3, 0.4) is 0 Å². The molecule has 0 saturated carbocycles. The molecule has 23 heavy (non-hydrogen) atoms. The number of carbonyl (C=O) groups is 1. The van der Waals surface area contributed by atoms with Crippen molar-refractivity contribution in [3.8, 4) is 5.75 Å². The maximum atomic E-state index is 11.6. The van der Waals surface area contributed by atoms with Crippen molar-refractivity contribution in [2.75, 3.05) is 7.11 Å². The van der Waals surface area contributed by atoms with Crippen LogP contribution in [0.4, 0.5) is 10.5 Å². The molecule has 0 atom stereocenters. The zero-order valence-corrected chi connectivity index (χ0v) is 12.5. The fourth-order valence-corrected chi connectivity index (χ4v) is 1.83. The quantitative estimate of drug-likeness (QED) is 0.653. The van der Waals surface area contributed by atoms with Crippen LogP contribution >= 0.6 is 0 Å². The van der Waals surface area contributed by atoms with Gasteiger partial charge < -0.3 is 14.8 Å². The van der Waals surface area contributed by atoms with E-state index in [4.69, 9.17) is 9.47 Å². The second-order valence-electron chi connectivity index (χ2n) is 4.70. The van der Waals surface area contributed by atoms with Crippen LogP contribution in [0.2, 0.25) is 0 Å². The number of methoxy groups -OCH3 is 1. The highest BCUT2D eigenvalue weighted by molar-refractivity contribution is 5.67. The second kappa shape index (κ2) is 7.79. The van der Waals surface area contributed by atoms with Crippen LogP contribution in [-0.2, 0) is 17.9 Å². The number of non-ortho nitro benzene ring substituents is 1. The van der Waals surface area contributed by atoms with Crippen LogP contribution in [0, 0.1) is 10.1 Å². The number of rotatable bonds is 6. The van der Waals surface area contributed by atoms with Gasteiger partial charge in [0.05, 0.1) is 12.0 Å². The minimum atomic E-state index is -0.556. The van der Waals surface area contributed by atoms with Gasteiger partial charge in [0.15, 0.2) is 0 Å². The van der Waals surface area contributed by atoms with Crippen molar-refractivity contribution in [1.29, 1.82) is 0 Å². The van der Waals surface area contributed by atoms with E-state index >= 15 is 0 Å². The summed E-state index contributed by atoms with van der Waals surface area (Å²) in [6.07, 6.45) is -0.556. The molecule has 0 heterocycles. The van der Waals surface area contributed by atoms with Gasteiger partial charge in [0.2, 0.25) is 0 Å². The highest BCUT2D eigenvalue weighted by Gasteiger charge is 2.06. The maximum Gasteiger partial charge on any atom is 0.407 e. The van der Waals surface area contributed by atoms with E-state index in [9.17, 15) is 14.9 Å². The van der Waals surface area contributed by atoms with E-state index in [-0.39, 0.29) is 12.3 Å². The minimum absolute atomic E-state index is 0.00212. The molecule has 0 spiro atoms. The summed E-state index contributed by atoms with van der Waals surface area (Å²) >= 11 is 0. The van der Waals surface area contributed by atoms with E-state index < -0.39 is 11.0 Å². The smallest absolute Gasteiger partial charge is 0.407 e. The predicted octanol–water partition coefficient (Wildman–Crippen LogP) is 3.03. The molecular formula is C16H16N2O5. The van der Waals surface area contributed by atoms with Crippen LogP contribution in [-0.4, -0.2) is 18.1 Å². The lowest BCUT2D eigenvalue weighted by molar-refractivity contribution is -0.384. The molecule has 1 N–H and O–H groups in total. The standard InChI is InChI=1S/C16H16N2O5/c1-22-15-8-4-12(5-9-15)10-17-16(19)23-11-13-2-6-14(7-3-13)18(20)21/h2-9H,10-11H2,1H3,(H,17,19). The van der Waals surface area contributed by atoms with Gasteiger partial charge in [-0.05, 0) is 35.4 Å². The number of nitro benzene ring substituents is 1. The van der Waals surface area contributed by atoms with Gasteiger partial charge in [0.25, 0.3) is 5.69 Å². The molecule has 0 saturated heterocycles. The number of nitrogens with zero attached hydrogens (tertiary/aromatic N) is 1. The number of nitro groups is 1. The van der Waals surface area contributed by atoms with Gasteiger partial charge in [-0.2, -0.15) is 0 Å². The van der Waals surface area contributed by atoms with Crippen molar-refractivity contribution in [1.82, 2.24) is 5.32 Å². The summed E-state index contributed by atoms with van der Waals surface area (Å²) in [6, 6.07) is 13.1. The third kappa shape index (κ3) is 4.99. The molecule has 0 unspecified atom stereocenters. The number of amides is 1. The van der Waals surface area contributed by atoms with Crippen LogP contribution < -0.4 is 10.1 Å². The molecule has 0 bridgehead atoms. The van der Waals surface area contributed by atoms with Crippen LogP contribution in [0.25, 0.3) is 0 Å². The topological polar surface area (TPSA) is 90.7 Å². The van der Waals surface area contributed by atoms with Gasteiger partial charge >= 0.3 is 6.09 Å². The van der Waals surface area contributed by atoms with E-state index in [1.54, 1.807) is 31.4 Å². The average molecular weight is 316 g/mol. The van der Waals surface area contributed by atoms with Crippen LogP contribution in [0.5, 0.6) is 5.75 Å². The van der Waals surface area contributed by atoms with E-state index in [1.807, 2.05) is 12.1 Å². The van der Waals surface area contributed by atoms with Gasteiger partial charge in [-0.15, -0.1) is 0 Å². The Morgan fingerprint density at radius 2 is 1.70 bits per heavy atom.